The molecule has 0 heterocycles. The molecule has 0 spiro atoms. The topological polar surface area (TPSA) is 130 Å². The lowest BCUT2D eigenvalue weighted by atomic mass is 10.1. The van der Waals surface area contributed by atoms with E-state index < -0.39 is 26.7 Å². The van der Waals surface area contributed by atoms with Gasteiger partial charge in [0.2, 0.25) is 0 Å². The van der Waals surface area contributed by atoms with E-state index in [2.05, 4.69) is 5.32 Å². The Labute approximate surface area is 149 Å². The number of amides is 1. The molecule has 1 amide bonds. The standard InChI is InChI=1S/C18H16N2O5S/c1-10-6-7-13(14(19)8-10)18(22)20-16-12-5-3-2-4-11(12)9-15(17(16)21)26(23,24)25/h2-9,21H,19H2,1H3,(H,20,22)(H,23,24,25). The molecule has 134 valence electrons. The number of fused-ring (bicyclic) bond motifs is 1. The molecule has 5 N–H and O–H groups in total. The molecule has 0 radical (unpaired) electrons. The Morgan fingerprint density at radius 1 is 1.12 bits per heavy atom. The van der Waals surface area contributed by atoms with Crippen LogP contribution < -0.4 is 11.1 Å². The highest BCUT2D eigenvalue weighted by Gasteiger charge is 2.23. The molecule has 26 heavy (non-hydrogen) atoms. The number of aromatic hydroxyl groups is 1. The zero-order valence-electron chi connectivity index (χ0n) is 13.7. The predicted octanol–water partition coefficient (Wildman–Crippen LogP) is 2.94. The molecule has 0 fully saturated rings. The van der Waals surface area contributed by atoms with Crippen molar-refractivity contribution in [1.82, 2.24) is 0 Å². The predicted molar refractivity (Wildman–Crippen MR) is 99.0 cm³/mol. The first kappa shape index (κ1) is 17.7. The third-order valence-electron chi connectivity index (χ3n) is 3.96. The van der Waals surface area contributed by atoms with Gasteiger partial charge in [0, 0.05) is 11.1 Å². The van der Waals surface area contributed by atoms with Gasteiger partial charge < -0.3 is 16.2 Å². The van der Waals surface area contributed by atoms with Crippen LogP contribution >= 0.6 is 0 Å². The van der Waals surface area contributed by atoms with Crippen LogP contribution in [0, 0.1) is 6.92 Å². The average Bonchev–Trinajstić information content (AvgIpc) is 2.56. The molecular weight excluding hydrogens is 356 g/mol. The van der Waals surface area contributed by atoms with Gasteiger partial charge in [0.05, 0.1) is 11.3 Å². The maximum Gasteiger partial charge on any atom is 0.298 e. The van der Waals surface area contributed by atoms with Crippen molar-refractivity contribution in [3.8, 4) is 5.75 Å². The van der Waals surface area contributed by atoms with Gasteiger partial charge in [0.1, 0.15) is 4.90 Å². The second-order valence-electron chi connectivity index (χ2n) is 5.84. The molecule has 0 saturated carbocycles. The Morgan fingerprint density at radius 2 is 1.81 bits per heavy atom. The maximum atomic E-state index is 12.6. The summed E-state index contributed by atoms with van der Waals surface area (Å²) in [7, 11) is -4.69. The van der Waals surface area contributed by atoms with Gasteiger partial charge >= 0.3 is 0 Å². The Kier molecular flexibility index (Phi) is 4.31. The van der Waals surface area contributed by atoms with Crippen molar-refractivity contribution in [1.29, 1.82) is 0 Å². The van der Waals surface area contributed by atoms with E-state index in [1.807, 2.05) is 6.92 Å². The van der Waals surface area contributed by atoms with E-state index in [1.54, 1.807) is 36.4 Å². The van der Waals surface area contributed by atoms with Crippen LogP contribution in [0.4, 0.5) is 11.4 Å². The lowest BCUT2D eigenvalue weighted by molar-refractivity contribution is 0.102. The van der Waals surface area contributed by atoms with Crippen molar-refractivity contribution in [3.63, 3.8) is 0 Å². The van der Waals surface area contributed by atoms with Gasteiger partial charge in [0.15, 0.2) is 5.75 Å². The summed E-state index contributed by atoms with van der Waals surface area (Å²) < 4.78 is 32.5. The van der Waals surface area contributed by atoms with E-state index in [9.17, 15) is 22.9 Å². The summed E-state index contributed by atoms with van der Waals surface area (Å²) in [6.45, 7) is 1.83. The van der Waals surface area contributed by atoms with Crippen molar-refractivity contribution in [3.05, 3.63) is 59.7 Å². The van der Waals surface area contributed by atoms with Crippen molar-refractivity contribution < 1.29 is 22.9 Å². The zero-order valence-corrected chi connectivity index (χ0v) is 14.5. The number of carbonyl (C=O) groups excluding carboxylic acids is 1. The van der Waals surface area contributed by atoms with Gasteiger partial charge in [-0.2, -0.15) is 8.42 Å². The number of phenolic OH excluding ortho intramolecular Hbond substituents is 1. The summed E-state index contributed by atoms with van der Waals surface area (Å²) in [5, 5.41) is 13.7. The third-order valence-corrected chi connectivity index (χ3v) is 4.82. The van der Waals surface area contributed by atoms with Crippen molar-refractivity contribution in [2.45, 2.75) is 11.8 Å². The van der Waals surface area contributed by atoms with E-state index in [0.717, 1.165) is 11.6 Å². The molecule has 0 aliphatic carbocycles. The molecule has 3 aromatic carbocycles. The fourth-order valence-corrected chi connectivity index (χ4v) is 3.33. The molecule has 7 nitrogen and oxygen atoms in total. The number of nitrogens with two attached hydrogens (primary N) is 1. The Hall–Kier alpha value is -3.10. The molecule has 0 bridgehead atoms. The van der Waals surface area contributed by atoms with Gasteiger partial charge in [-0.25, -0.2) is 0 Å². The molecule has 0 aliphatic rings. The highest BCUT2D eigenvalue weighted by Crippen LogP contribution is 2.38. The number of phenols is 1. The second kappa shape index (κ2) is 6.32. The normalized spacial score (nSPS) is 11.5. The Morgan fingerprint density at radius 3 is 2.46 bits per heavy atom. The molecule has 3 aromatic rings. The summed E-state index contributed by atoms with van der Waals surface area (Å²) in [4.78, 5) is 11.9. The summed E-state index contributed by atoms with van der Waals surface area (Å²) in [6.07, 6.45) is 0. The third kappa shape index (κ3) is 3.19. The number of nitrogen functional groups attached to an aromatic ring is 1. The van der Waals surface area contributed by atoms with E-state index in [0.29, 0.717) is 10.8 Å². The molecule has 0 aromatic heterocycles. The summed E-state index contributed by atoms with van der Waals surface area (Å²) in [5.41, 5.74) is 7.04. The summed E-state index contributed by atoms with van der Waals surface area (Å²) in [6, 6.07) is 12.5. The molecule has 0 saturated heterocycles. The molecule has 0 unspecified atom stereocenters. The monoisotopic (exact) mass is 372 g/mol. The van der Waals surface area contributed by atoms with Crippen LogP contribution in [-0.2, 0) is 10.1 Å². The highest BCUT2D eigenvalue weighted by atomic mass is 32.2. The van der Waals surface area contributed by atoms with Gasteiger partial charge in [-0.05, 0) is 36.1 Å². The summed E-state index contributed by atoms with van der Waals surface area (Å²) in [5.74, 6) is -1.36. The number of aryl methyl sites for hydroxylation is 1. The molecular formula is C18H16N2O5S. The molecule has 0 aliphatic heterocycles. The van der Waals surface area contributed by atoms with E-state index in [-0.39, 0.29) is 16.9 Å². The van der Waals surface area contributed by atoms with Gasteiger partial charge in [0.25, 0.3) is 16.0 Å². The number of hydrogen-bond acceptors (Lipinski definition) is 5. The smallest absolute Gasteiger partial charge is 0.298 e. The second-order valence-corrected chi connectivity index (χ2v) is 7.23. The largest absolute Gasteiger partial charge is 0.504 e. The van der Waals surface area contributed by atoms with Crippen LogP contribution in [0.1, 0.15) is 15.9 Å². The van der Waals surface area contributed by atoms with Gasteiger partial charge in [-0.3, -0.25) is 9.35 Å². The van der Waals surface area contributed by atoms with Crippen LogP contribution in [0.2, 0.25) is 0 Å². The van der Waals surface area contributed by atoms with E-state index in [1.165, 1.54) is 6.07 Å². The minimum absolute atomic E-state index is 0.124. The van der Waals surface area contributed by atoms with Crippen LogP contribution in [0.15, 0.2) is 53.4 Å². The van der Waals surface area contributed by atoms with Gasteiger partial charge in [-0.15, -0.1) is 0 Å². The SMILES string of the molecule is Cc1ccc(C(=O)Nc2c(O)c(S(=O)(=O)O)cc3ccccc23)c(N)c1. The van der Waals surface area contributed by atoms with E-state index >= 15 is 0 Å². The average molecular weight is 372 g/mol. The lowest BCUT2D eigenvalue weighted by Gasteiger charge is -2.14. The van der Waals surface area contributed by atoms with Crippen LogP contribution in [0.5, 0.6) is 5.75 Å². The Bertz CT molecular complexity index is 1140. The first-order chi connectivity index (χ1) is 12.2. The van der Waals surface area contributed by atoms with Gasteiger partial charge in [-0.1, -0.05) is 30.3 Å². The molecule has 0 atom stereocenters. The number of nitrogens with one attached hydrogen (secondary N) is 1. The minimum Gasteiger partial charge on any atom is -0.504 e. The molecule has 3 rings (SSSR count). The fourth-order valence-electron chi connectivity index (χ4n) is 2.70. The minimum atomic E-state index is -4.69. The first-order valence-corrected chi connectivity index (χ1v) is 9.02. The number of anilines is 2. The number of carbonyl (C=O) groups is 1. The Balaban J connectivity index is 2.17. The highest BCUT2D eigenvalue weighted by molar-refractivity contribution is 7.86. The quantitative estimate of drug-likeness (QED) is 0.318. The molecule has 8 heteroatoms. The van der Waals surface area contributed by atoms with E-state index in [4.69, 9.17) is 5.73 Å². The van der Waals surface area contributed by atoms with Crippen LogP contribution in [-0.4, -0.2) is 24.0 Å². The first-order valence-electron chi connectivity index (χ1n) is 7.58. The van der Waals surface area contributed by atoms with Crippen LogP contribution in [0.25, 0.3) is 10.8 Å². The fraction of sp³-hybridized carbons (Fsp3) is 0.0556. The summed E-state index contributed by atoms with van der Waals surface area (Å²) >= 11 is 0. The number of benzene rings is 3. The van der Waals surface area contributed by atoms with Crippen molar-refractivity contribution in [2.75, 3.05) is 11.1 Å². The van der Waals surface area contributed by atoms with Crippen molar-refractivity contribution >= 4 is 38.2 Å². The maximum absolute atomic E-state index is 12.6. The van der Waals surface area contributed by atoms with Crippen molar-refractivity contribution in [2.24, 2.45) is 0 Å². The lowest BCUT2D eigenvalue weighted by Crippen LogP contribution is -2.15. The van der Waals surface area contributed by atoms with Crippen LogP contribution in [0.3, 0.4) is 0 Å². The zero-order chi connectivity index (χ0) is 19.1. The number of rotatable bonds is 3. The number of hydrogen-bond donors (Lipinski definition) is 4.